The van der Waals surface area contributed by atoms with Crippen LogP contribution >= 0.6 is 0 Å². The molecule has 2 N–H and O–H groups in total. The van der Waals surface area contributed by atoms with E-state index in [0.717, 1.165) is 12.5 Å². The lowest BCUT2D eigenvalue weighted by atomic mass is 9.87. The highest BCUT2D eigenvalue weighted by atomic mass is 15.2. The summed E-state index contributed by atoms with van der Waals surface area (Å²) in [6.07, 6.45) is 6.48. The van der Waals surface area contributed by atoms with Gasteiger partial charge in [-0.05, 0) is 56.2 Å². The third kappa shape index (κ3) is 2.51. The molecule has 1 aliphatic heterocycles. The summed E-state index contributed by atoms with van der Waals surface area (Å²) in [7, 11) is 0. The SMILES string of the molecule is CCC1CCN(C2CCc3ccc(C)cc32)C(CN)C1. The Morgan fingerprint density at radius 1 is 1.30 bits per heavy atom. The standard InChI is InChI=1S/C18H28N2/c1-3-14-8-9-20(16(11-14)12-19)18-7-6-15-5-4-13(2)10-17(15)18/h4-5,10,14,16,18H,3,6-9,11-12,19H2,1-2H3. The summed E-state index contributed by atoms with van der Waals surface area (Å²) in [6, 6.07) is 8.21. The van der Waals surface area contributed by atoms with Gasteiger partial charge in [0.25, 0.3) is 0 Å². The van der Waals surface area contributed by atoms with Crippen LogP contribution in [-0.2, 0) is 6.42 Å². The number of hydrogen-bond acceptors (Lipinski definition) is 2. The van der Waals surface area contributed by atoms with E-state index in [1.165, 1.54) is 44.2 Å². The summed E-state index contributed by atoms with van der Waals surface area (Å²) in [6.45, 7) is 6.58. The average Bonchev–Trinajstić information content (AvgIpc) is 2.89. The van der Waals surface area contributed by atoms with Crippen LogP contribution in [0.2, 0.25) is 0 Å². The number of fused-ring (bicyclic) bond motifs is 1. The summed E-state index contributed by atoms with van der Waals surface area (Å²) in [4.78, 5) is 2.72. The molecule has 0 spiro atoms. The van der Waals surface area contributed by atoms with Crippen molar-refractivity contribution in [2.75, 3.05) is 13.1 Å². The number of nitrogens with zero attached hydrogens (tertiary/aromatic N) is 1. The molecular formula is C18H28N2. The Kier molecular flexibility index (Phi) is 4.13. The molecule has 0 amide bonds. The van der Waals surface area contributed by atoms with Gasteiger partial charge in [0.05, 0.1) is 0 Å². The normalized spacial score (nSPS) is 30.4. The van der Waals surface area contributed by atoms with E-state index in [1.807, 2.05) is 0 Å². The highest BCUT2D eigenvalue weighted by Crippen LogP contribution is 2.40. The maximum atomic E-state index is 6.09. The van der Waals surface area contributed by atoms with Gasteiger partial charge in [0, 0.05) is 18.6 Å². The summed E-state index contributed by atoms with van der Waals surface area (Å²) < 4.78 is 0. The molecule has 3 atom stereocenters. The Bertz CT molecular complexity index is 468. The fourth-order valence-electron chi connectivity index (χ4n) is 4.21. The van der Waals surface area contributed by atoms with E-state index in [1.54, 1.807) is 11.1 Å². The Labute approximate surface area is 123 Å². The fourth-order valence-corrected chi connectivity index (χ4v) is 4.21. The molecule has 20 heavy (non-hydrogen) atoms. The lowest BCUT2D eigenvalue weighted by Gasteiger charge is -2.42. The summed E-state index contributed by atoms with van der Waals surface area (Å²) in [5.74, 6) is 0.887. The third-order valence-corrected chi connectivity index (χ3v) is 5.47. The Morgan fingerprint density at radius 3 is 2.90 bits per heavy atom. The minimum absolute atomic E-state index is 0.588. The van der Waals surface area contributed by atoms with Crippen molar-refractivity contribution < 1.29 is 0 Å². The summed E-state index contributed by atoms with van der Waals surface area (Å²) in [5.41, 5.74) is 10.6. The lowest BCUT2D eigenvalue weighted by Crippen LogP contribution is -2.47. The van der Waals surface area contributed by atoms with E-state index in [2.05, 4.69) is 36.9 Å². The van der Waals surface area contributed by atoms with Gasteiger partial charge in [-0.2, -0.15) is 0 Å². The molecule has 0 saturated carbocycles. The summed E-state index contributed by atoms with van der Waals surface area (Å²) in [5, 5.41) is 0. The maximum Gasteiger partial charge on any atom is 0.0357 e. The first-order valence-corrected chi connectivity index (χ1v) is 8.28. The van der Waals surface area contributed by atoms with Gasteiger partial charge in [-0.15, -0.1) is 0 Å². The molecule has 1 aromatic carbocycles. The second kappa shape index (κ2) is 5.87. The topological polar surface area (TPSA) is 29.3 Å². The van der Waals surface area contributed by atoms with Crippen LogP contribution in [0.1, 0.15) is 55.3 Å². The maximum absolute atomic E-state index is 6.09. The highest BCUT2D eigenvalue weighted by Gasteiger charge is 2.35. The molecule has 1 aromatic rings. The van der Waals surface area contributed by atoms with Gasteiger partial charge in [0.1, 0.15) is 0 Å². The van der Waals surface area contributed by atoms with Crippen LogP contribution in [0.3, 0.4) is 0 Å². The van der Waals surface area contributed by atoms with Crippen LogP contribution < -0.4 is 5.73 Å². The zero-order chi connectivity index (χ0) is 14.1. The fraction of sp³-hybridized carbons (Fsp3) is 0.667. The Hall–Kier alpha value is -0.860. The number of aryl methyl sites for hydroxylation is 2. The molecule has 0 radical (unpaired) electrons. The lowest BCUT2D eigenvalue weighted by molar-refractivity contribution is 0.0701. The first-order valence-electron chi connectivity index (χ1n) is 8.28. The zero-order valence-corrected chi connectivity index (χ0v) is 12.9. The number of rotatable bonds is 3. The van der Waals surface area contributed by atoms with Crippen molar-refractivity contribution in [3.63, 3.8) is 0 Å². The van der Waals surface area contributed by atoms with E-state index >= 15 is 0 Å². The van der Waals surface area contributed by atoms with Gasteiger partial charge in [-0.3, -0.25) is 4.90 Å². The van der Waals surface area contributed by atoms with Crippen molar-refractivity contribution in [2.24, 2.45) is 11.7 Å². The smallest absolute Gasteiger partial charge is 0.0357 e. The molecule has 1 heterocycles. The zero-order valence-electron chi connectivity index (χ0n) is 12.9. The number of nitrogens with two attached hydrogens (primary N) is 1. The van der Waals surface area contributed by atoms with Crippen LogP contribution in [0.4, 0.5) is 0 Å². The van der Waals surface area contributed by atoms with Crippen molar-refractivity contribution in [3.8, 4) is 0 Å². The molecule has 3 rings (SSSR count). The molecule has 1 fully saturated rings. The van der Waals surface area contributed by atoms with E-state index in [0.29, 0.717) is 12.1 Å². The van der Waals surface area contributed by atoms with Crippen LogP contribution in [0, 0.1) is 12.8 Å². The molecule has 3 unspecified atom stereocenters. The largest absolute Gasteiger partial charge is 0.329 e. The van der Waals surface area contributed by atoms with Crippen molar-refractivity contribution >= 4 is 0 Å². The Morgan fingerprint density at radius 2 is 2.15 bits per heavy atom. The quantitative estimate of drug-likeness (QED) is 0.913. The molecule has 1 aliphatic carbocycles. The van der Waals surface area contributed by atoms with Crippen LogP contribution in [-0.4, -0.2) is 24.0 Å². The van der Waals surface area contributed by atoms with E-state index in [9.17, 15) is 0 Å². The first-order chi connectivity index (χ1) is 9.72. The number of piperidine rings is 1. The van der Waals surface area contributed by atoms with Gasteiger partial charge in [0.15, 0.2) is 0 Å². The van der Waals surface area contributed by atoms with E-state index in [4.69, 9.17) is 5.73 Å². The molecule has 0 bridgehead atoms. The molecule has 110 valence electrons. The monoisotopic (exact) mass is 272 g/mol. The predicted molar refractivity (Wildman–Crippen MR) is 84.8 cm³/mol. The van der Waals surface area contributed by atoms with Gasteiger partial charge in [0.2, 0.25) is 0 Å². The van der Waals surface area contributed by atoms with Gasteiger partial charge >= 0.3 is 0 Å². The second-order valence-corrected chi connectivity index (χ2v) is 6.68. The van der Waals surface area contributed by atoms with Gasteiger partial charge in [-0.25, -0.2) is 0 Å². The number of likely N-dealkylation sites (tertiary alicyclic amines) is 1. The number of hydrogen-bond donors (Lipinski definition) is 1. The minimum atomic E-state index is 0.588. The molecule has 1 saturated heterocycles. The van der Waals surface area contributed by atoms with Crippen LogP contribution in [0.15, 0.2) is 18.2 Å². The van der Waals surface area contributed by atoms with Gasteiger partial charge in [-0.1, -0.05) is 37.1 Å². The van der Waals surface area contributed by atoms with E-state index < -0.39 is 0 Å². The van der Waals surface area contributed by atoms with Crippen molar-refractivity contribution in [1.82, 2.24) is 4.90 Å². The molecule has 2 heteroatoms. The van der Waals surface area contributed by atoms with Crippen molar-refractivity contribution in [2.45, 2.75) is 58.0 Å². The molecule has 2 aliphatic rings. The molecule has 0 aromatic heterocycles. The molecular weight excluding hydrogens is 244 g/mol. The minimum Gasteiger partial charge on any atom is -0.329 e. The average molecular weight is 272 g/mol. The summed E-state index contributed by atoms with van der Waals surface area (Å²) >= 11 is 0. The second-order valence-electron chi connectivity index (χ2n) is 6.68. The van der Waals surface area contributed by atoms with Crippen LogP contribution in [0.5, 0.6) is 0 Å². The Balaban J connectivity index is 1.82. The van der Waals surface area contributed by atoms with Crippen LogP contribution in [0.25, 0.3) is 0 Å². The predicted octanol–water partition coefficient (Wildman–Crippen LogP) is 3.43. The third-order valence-electron chi connectivity index (χ3n) is 5.47. The van der Waals surface area contributed by atoms with E-state index in [-0.39, 0.29) is 0 Å². The first kappa shape index (κ1) is 14.1. The van der Waals surface area contributed by atoms with Crippen molar-refractivity contribution in [1.29, 1.82) is 0 Å². The number of benzene rings is 1. The van der Waals surface area contributed by atoms with Gasteiger partial charge < -0.3 is 5.73 Å². The highest BCUT2D eigenvalue weighted by molar-refractivity contribution is 5.37. The molecule has 2 nitrogen and oxygen atoms in total. The van der Waals surface area contributed by atoms with Crippen molar-refractivity contribution in [3.05, 3.63) is 34.9 Å².